The van der Waals surface area contributed by atoms with Gasteiger partial charge in [-0.05, 0) is 49.8 Å². The fraction of sp³-hybridized carbons (Fsp3) is 0.650. The number of hydrogen-bond acceptors (Lipinski definition) is 4. The Morgan fingerprint density at radius 2 is 1.71 bits per heavy atom. The maximum absolute atomic E-state index is 12.6. The van der Waals surface area contributed by atoms with Crippen molar-refractivity contribution >= 4 is 5.97 Å². The summed E-state index contributed by atoms with van der Waals surface area (Å²) in [5.74, 6) is -0.416. The van der Waals surface area contributed by atoms with Crippen LogP contribution in [0.3, 0.4) is 0 Å². The molecular formula is C20H29NO3. The second-order valence-corrected chi connectivity index (χ2v) is 7.64. The van der Waals surface area contributed by atoms with Crippen molar-refractivity contribution in [3.8, 4) is 0 Å². The summed E-state index contributed by atoms with van der Waals surface area (Å²) in [6.45, 7) is 4.07. The van der Waals surface area contributed by atoms with E-state index < -0.39 is 5.92 Å². The molecule has 1 aromatic carbocycles. The van der Waals surface area contributed by atoms with Gasteiger partial charge in [-0.15, -0.1) is 0 Å². The Morgan fingerprint density at radius 3 is 2.21 bits per heavy atom. The van der Waals surface area contributed by atoms with Gasteiger partial charge in [0, 0.05) is 12.1 Å². The molecule has 1 N–H and O–H groups in total. The zero-order valence-electron chi connectivity index (χ0n) is 14.9. The molecule has 2 saturated heterocycles. The van der Waals surface area contributed by atoms with Crippen molar-refractivity contribution in [2.24, 2.45) is 0 Å². The van der Waals surface area contributed by atoms with Gasteiger partial charge in [-0.1, -0.05) is 38.1 Å². The molecule has 132 valence electrons. The van der Waals surface area contributed by atoms with Crippen LogP contribution in [0.2, 0.25) is 0 Å². The van der Waals surface area contributed by atoms with Gasteiger partial charge < -0.3 is 14.7 Å². The third-order valence-corrected chi connectivity index (χ3v) is 5.81. The number of piperidine rings is 1. The van der Waals surface area contributed by atoms with Crippen LogP contribution in [0.1, 0.15) is 62.5 Å². The molecular weight excluding hydrogens is 302 g/mol. The van der Waals surface area contributed by atoms with Crippen molar-refractivity contribution in [1.82, 2.24) is 4.90 Å². The van der Waals surface area contributed by atoms with E-state index in [-0.39, 0.29) is 18.7 Å². The Morgan fingerprint density at radius 1 is 1.17 bits per heavy atom. The van der Waals surface area contributed by atoms with Crippen molar-refractivity contribution in [3.05, 3.63) is 35.4 Å². The summed E-state index contributed by atoms with van der Waals surface area (Å²) in [6, 6.07) is 9.03. The van der Waals surface area contributed by atoms with Gasteiger partial charge in [0.15, 0.2) is 0 Å². The maximum atomic E-state index is 12.6. The quantitative estimate of drug-likeness (QED) is 0.843. The fourth-order valence-corrected chi connectivity index (χ4v) is 4.13. The number of nitrogens with zero attached hydrogens (tertiary/aromatic N) is 1. The number of aliphatic hydroxyl groups excluding tert-OH is 1. The first-order chi connectivity index (χ1) is 11.5. The molecule has 4 heteroatoms. The van der Waals surface area contributed by atoms with E-state index >= 15 is 0 Å². The molecule has 24 heavy (non-hydrogen) atoms. The van der Waals surface area contributed by atoms with Crippen LogP contribution >= 0.6 is 0 Å². The van der Waals surface area contributed by atoms with Gasteiger partial charge >= 0.3 is 5.97 Å². The van der Waals surface area contributed by atoms with Crippen molar-refractivity contribution in [1.29, 1.82) is 0 Å². The van der Waals surface area contributed by atoms with E-state index in [1.165, 1.54) is 18.4 Å². The lowest BCUT2D eigenvalue weighted by Crippen LogP contribution is -2.43. The molecule has 0 amide bonds. The normalized spacial score (nSPS) is 28.1. The molecule has 0 spiro atoms. The predicted octanol–water partition coefficient (Wildman–Crippen LogP) is 3.05. The van der Waals surface area contributed by atoms with E-state index in [9.17, 15) is 9.90 Å². The fourth-order valence-electron chi connectivity index (χ4n) is 4.13. The Kier molecular flexibility index (Phi) is 5.26. The summed E-state index contributed by atoms with van der Waals surface area (Å²) < 4.78 is 5.78. The smallest absolute Gasteiger partial charge is 0.316 e. The Bertz CT molecular complexity index is 555. The molecule has 2 aliphatic rings. The molecule has 0 aromatic heterocycles. The summed E-state index contributed by atoms with van der Waals surface area (Å²) in [7, 11) is 2.17. The van der Waals surface area contributed by atoms with Crippen molar-refractivity contribution < 1.29 is 14.6 Å². The van der Waals surface area contributed by atoms with Crippen molar-refractivity contribution in [2.75, 3.05) is 13.7 Å². The largest absolute Gasteiger partial charge is 0.462 e. The van der Waals surface area contributed by atoms with Gasteiger partial charge in [0.1, 0.15) is 12.0 Å². The van der Waals surface area contributed by atoms with Crippen LogP contribution in [-0.4, -0.2) is 47.8 Å². The second kappa shape index (κ2) is 7.24. The van der Waals surface area contributed by atoms with Gasteiger partial charge in [0.05, 0.1) is 6.61 Å². The van der Waals surface area contributed by atoms with E-state index in [0.717, 1.165) is 18.4 Å². The maximum Gasteiger partial charge on any atom is 0.316 e. The average Bonchev–Trinajstić information content (AvgIpc) is 2.77. The SMILES string of the molecule is CC(C)c1ccc(C(CO)C(=O)OC2CC3CCC(C2)N3C)cc1. The highest BCUT2D eigenvalue weighted by atomic mass is 16.5. The minimum absolute atomic E-state index is 0.00446. The number of carbonyl (C=O) groups excluding carboxylic acids is 1. The van der Waals surface area contributed by atoms with E-state index in [0.29, 0.717) is 18.0 Å². The van der Waals surface area contributed by atoms with Gasteiger partial charge in [-0.2, -0.15) is 0 Å². The van der Waals surface area contributed by atoms with E-state index in [2.05, 4.69) is 25.8 Å². The summed E-state index contributed by atoms with van der Waals surface area (Å²) >= 11 is 0. The number of rotatable bonds is 5. The first-order valence-corrected chi connectivity index (χ1v) is 9.12. The summed E-state index contributed by atoms with van der Waals surface area (Å²) in [5.41, 5.74) is 2.07. The van der Waals surface area contributed by atoms with Crippen LogP contribution < -0.4 is 0 Å². The highest BCUT2D eigenvalue weighted by Gasteiger charge is 2.40. The standard InChI is InChI=1S/C20H29NO3/c1-13(2)14-4-6-15(7-5-14)19(12-22)20(23)24-18-10-16-8-9-17(11-18)21(16)3/h4-7,13,16-19,22H,8-12H2,1-3H3. The molecule has 2 bridgehead atoms. The Balaban J connectivity index is 1.64. The molecule has 2 fully saturated rings. The van der Waals surface area contributed by atoms with Crippen molar-refractivity contribution in [3.63, 3.8) is 0 Å². The van der Waals surface area contributed by atoms with Gasteiger partial charge in [0.2, 0.25) is 0 Å². The van der Waals surface area contributed by atoms with Gasteiger partial charge in [0.25, 0.3) is 0 Å². The molecule has 3 atom stereocenters. The molecule has 0 aliphatic carbocycles. The lowest BCUT2D eigenvalue weighted by molar-refractivity contribution is -0.155. The Hall–Kier alpha value is -1.39. The molecule has 2 aliphatic heterocycles. The summed E-state index contributed by atoms with van der Waals surface area (Å²) in [4.78, 5) is 15.0. The molecule has 1 aromatic rings. The summed E-state index contributed by atoms with van der Waals surface area (Å²) in [5, 5.41) is 9.71. The first kappa shape index (κ1) is 17.4. The van der Waals surface area contributed by atoms with Crippen molar-refractivity contribution in [2.45, 2.75) is 69.6 Å². The molecule has 0 radical (unpaired) electrons. The lowest BCUT2D eigenvalue weighted by Gasteiger charge is -2.36. The highest BCUT2D eigenvalue weighted by Crippen LogP contribution is 2.36. The van der Waals surface area contributed by atoms with Crippen LogP contribution in [0.25, 0.3) is 0 Å². The molecule has 0 saturated carbocycles. The number of benzene rings is 1. The number of esters is 1. The van der Waals surface area contributed by atoms with E-state index in [1.54, 1.807) is 0 Å². The molecule has 4 nitrogen and oxygen atoms in total. The number of aliphatic hydroxyl groups is 1. The van der Waals surface area contributed by atoms with Crippen LogP contribution in [0, 0.1) is 0 Å². The topological polar surface area (TPSA) is 49.8 Å². The second-order valence-electron chi connectivity index (χ2n) is 7.64. The number of ether oxygens (including phenoxy) is 1. The number of carbonyl (C=O) groups is 1. The first-order valence-electron chi connectivity index (χ1n) is 9.12. The van der Waals surface area contributed by atoms with Crippen LogP contribution in [0.15, 0.2) is 24.3 Å². The van der Waals surface area contributed by atoms with Crippen LogP contribution in [0.5, 0.6) is 0 Å². The zero-order valence-corrected chi connectivity index (χ0v) is 14.9. The monoisotopic (exact) mass is 331 g/mol. The summed E-state index contributed by atoms with van der Waals surface area (Å²) in [6.07, 6.45) is 4.24. The van der Waals surface area contributed by atoms with Crippen LogP contribution in [-0.2, 0) is 9.53 Å². The third-order valence-electron chi connectivity index (χ3n) is 5.81. The minimum Gasteiger partial charge on any atom is -0.462 e. The van der Waals surface area contributed by atoms with Gasteiger partial charge in [-0.25, -0.2) is 0 Å². The van der Waals surface area contributed by atoms with E-state index in [4.69, 9.17) is 4.74 Å². The predicted molar refractivity (Wildman–Crippen MR) is 94.0 cm³/mol. The van der Waals surface area contributed by atoms with Gasteiger partial charge in [-0.3, -0.25) is 4.79 Å². The van der Waals surface area contributed by atoms with Crippen LogP contribution in [0.4, 0.5) is 0 Å². The third kappa shape index (κ3) is 3.50. The number of fused-ring (bicyclic) bond motifs is 2. The highest BCUT2D eigenvalue weighted by molar-refractivity contribution is 5.78. The molecule has 2 heterocycles. The average molecular weight is 331 g/mol. The lowest BCUT2D eigenvalue weighted by atomic mass is 9.95. The zero-order chi connectivity index (χ0) is 17.3. The minimum atomic E-state index is -0.580. The molecule has 3 unspecified atom stereocenters. The number of hydrogen-bond donors (Lipinski definition) is 1. The molecule has 3 rings (SSSR count). The Labute approximate surface area is 144 Å². The van der Waals surface area contributed by atoms with E-state index in [1.807, 2.05) is 24.3 Å².